The van der Waals surface area contributed by atoms with Crippen molar-refractivity contribution in [3.63, 3.8) is 0 Å². The first-order chi connectivity index (χ1) is 10.4. The minimum Gasteiger partial charge on any atom is -0.478 e. The van der Waals surface area contributed by atoms with Crippen molar-refractivity contribution in [1.82, 2.24) is 5.32 Å². The van der Waals surface area contributed by atoms with Crippen molar-refractivity contribution >= 4 is 11.9 Å². The average Bonchev–Trinajstić information content (AvgIpc) is 2.47. The third-order valence-corrected chi connectivity index (χ3v) is 4.68. The maximum atomic E-state index is 12.1. The number of carbonyl (C=O) groups excluding carboxylic acids is 1. The zero-order valence-corrected chi connectivity index (χ0v) is 13.4. The first-order valence-corrected chi connectivity index (χ1v) is 8.00. The van der Waals surface area contributed by atoms with Crippen molar-refractivity contribution in [2.24, 2.45) is 5.41 Å². The van der Waals surface area contributed by atoms with Crippen LogP contribution in [0.25, 0.3) is 0 Å². The molecule has 2 N–H and O–H groups in total. The zero-order valence-electron chi connectivity index (χ0n) is 13.4. The van der Waals surface area contributed by atoms with E-state index in [1.165, 1.54) is 12.8 Å². The molecule has 1 aromatic carbocycles. The number of nitrogens with one attached hydrogen (secondary N) is 1. The molecule has 1 unspecified atom stereocenters. The van der Waals surface area contributed by atoms with Crippen molar-refractivity contribution in [3.05, 3.63) is 35.4 Å². The molecule has 1 atom stereocenters. The molecular formula is C18H25NO3. The molecule has 0 spiro atoms. The second-order valence-corrected chi connectivity index (χ2v) is 6.86. The first kappa shape index (κ1) is 16.5. The molecule has 22 heavy (non-hydrogen) atoms. The van der Waals surface area contributed by atoms with Gasteiger partial charge in [-0.05, 0) is 42.4 Å². The second kappa shape index (κ2) is 6.95. The summed E-state index contributed by atoms with van der Waals surface area (Å²) in [4.78, 5) is 22.9. The zero-order chi connectivity index (χ0) is 16.2. The second-order valence-electron chi connectivity index (χ2n) is 6.86. The van der Waals surface area contributed by atoms with Crippen LogP contribution in [-0.2, 0) is 11.2 Å². The van der Waals surface area contributed by atoms with Crippen LogP contribution in [0.4, 0.5) is 0 Å². The quantitative estimate of drug-likeness (QED) is 0.876. The van der Waals surface area contributed by atoms with Gasteiger partial charge in [0.15, 0.2) is 0 Å². The molecular weight excluding hydrogens is 278 g/mol. The lowest BCUT2D eigenvalue weighted by molar-refractivity contribution is -0.123. The highest BCUT2D eigenvalue weighted by Crippen LogP contribution is 2.35. The number of hydrogen-bond donors (Lipinski definition) is 2. The van der Waals surface area contributed by atoms with E-state index in [1.54, 1.807) is 24.3 Å². The van der Waals surface area contributed by atoms with E-state index in [2.05, 4.69) is 19.2 Å². The van der Waals surface area contributed by atoms with E-state index in [0.29, 0.717) is 12.8 Å². The van der Waals surface area contributed by atoms with Crippen molar-refractivity contribution in [2.75, 3.05) is 0 Å². The Morgan fingerprint density at radius 3 is 2.50 bits per heavy atom. The SMILES string of the molecule is CC1(C)CCCCC1NC(=O)CCc1ccc(C(=O)O)cc1. The van der Waals surface area contributed by atoms with Crippen LogP contribution in [0.1, 0.15) is 61.9 Å². The van der Waals surface area contributed by atoms with E-state index in [-0.39, 0.29) is 22.9 Å². The maximum Gasteiger partial charge on any atom is 0.335 e. The van der Waals surface area contributed by atoms with E-state index in [1.807, 2.05) is 0 Å². The summed E-state index contributed by atoms with van der Waals surface area (Å²) >= 11 is 0. The van der Waals surface area contributed by atoms with Crippen LogP contribution in [0, 0.1) is 5.41 Å². The summed E-state index contributed by atoms with van der Waals surface area (Å²) in [6.45, 7) is 4.45. The monoisotopic (exact) mass is 303 g/mol. The first-order valence-electron chi connectivity index (χ1n) is 8.00. The molecule has 0 bridgehead atoms. The molecule has 1 aliphatic carbocycles. The van der Waals surface area contributed by atoms with Crippen LogP contribution in [0.2, 0.25) is 0 Å². The van der Waals surface area contributed by atoms with Gasteiger partial charge in [0.2, 0.25) is 5.91 Å². The third-order valence-electron chi connectivity index (χ3n) is 4.68. The highest BCUT2D eigenvalue weighted by Gasteiger charge is 2.32. The number of aryl methyl sites for hydroxylation is 1. The molecule has 2 rings (SSSR count). The largest absolute Gasteiger partial charge is 0.478 e. The minimum atomic E-state index is -0.927. The highest BCUT2D eigenvalue weighted by atomic mass is 16.4. The van der Waals surface area contributed by atoms with Crippen molar-refractivity contribution in [3.8, 4) is 0 Å². The number of aromatic carboxylic acids is 1. The Bertz CT molecular complexity index is 534. The van der Waals surface area contributed by atoms with Crippen LogP contribution < -0.4 is 5.32 Å². The molecule has 1 amide bonds. The van der Waals surface area contributed by atoms with Gasteiger partial charge >= 0.3 is 5.97 Å². The number of rotatable bonds is 5. The molecule has 0 aliphatic heterocycles. The van der Waals surface area contributed by atoms with Gasteiger partial charge in [-0.25, -0.2) is 4.79 Å². The van der Waals surface area contributed by atoms with E-state index < -0.39 is 5.97 Å². The summed E-state index contributed by atoms with van der Waals surface area (Å²) in [6, 6.07) is 6.99. The van der Waals surface area contributed by atoms with Crippen LogP contribution >= 0.6 is 0 Å². The Labute approximate surface area is 131 Å². The van der Waals surface area contributed by atoms with Crippen molar-refractivity contribution in [1.29, 1.82) is 0 Å². The number of carboxylic acids is 1. The predicted octanol–water partition coefficient (Wildman–Crippen LogP) is 3.40. The van der Waals surface area contributed by atoms with E-state index >= 15 is 0 Å². The van der Waals surface area contributed by atoms with Crippen LogP contribution in [0.5, 0.6) is 0 Å². The molecule has 0 heterocycles. The summed E-state index contributed by atoms with van der Waals surface area (Å²) in [7, 11) is 0. The fourth-order valence-corrected chi connectivity index (χ4v) is 3.10. The number of benzene rings is 1. The third kappa shape index (κ3) is 4.33. The van der Waals surface area contributed by atoms with Crippen LogP contribution in [-0.4, -0.2) is 23.0 Å². The van der Waals surface area contributed by atoms with Gasteiger partial charge in [0.05, 0.1) is 5.56 Å². The molecule has 0 radical (unpaired) electrons. The summed E-state index contributed by atoms with van der Waals surface area (Å²) in [5.41, 5.74) is 1.44. The smallest absolute Gasteiger partial charge is 0.335 e. The topological polar surface area (TPSA) is 66.4 Å². The Balaban J connectivity index is 1.83. The molecule has 1 saturated carbocycles. The van der Waals surface area contributed by atoms with Gasteiger partial charge in [0, 0.05) is 12.5 Å². The molecule has 4 heteroatoms. The predicted molar refractivity (Wildman–Crippen MR) is 85.9 cm³/mol. The normalized spacial score (nSPS) is 20.4. The number of hydrogen-bond acceptors (Lipinski definition) is 2. The minimum absolute atomic E-state index is 0.0855. The Morgan fingerprint density at radius 2 is 1.91 bits per heavy atom. The molecule has 120 valence electrons. The van der Waals surface area contributed by atoms with Gasteiger partial charge in [0.25, 0.3) is 0 Å². The molecule has 0 aromatic heterocycles. The molecule has 1 aliphatic rings. The van der Waals surface area contributed by atoms with E-state index in [0.717, 1.165) is 18.4 Å². The van der Waals surface area contributed by atoms with E-state index in [9.17, 15) is 9.59 Å². The van der Waals surface area contributed by atoms with Crippen LogP contribution in [0.3, 0.4) is 0 Å². The summed E-state index contributed by atoms with van der Waals surface area (Å²) in [6.07, 6.45) is 5.73. The maximum absolute atomic E-state index is 12.1. The van der Waals surface area contributed by atoms with Gasteiger partial charge in [0.1, 0.15) is 0 Å². The van der Waals surface area contributed by atoms with Crippen molar-refractivity contribution in [2.45, 2.75) is 58.4 Å². The lowest BCUT2D eigenvalue weighted by atomic mass is 9.73. The average molecular weight is 303 g/mol. The van der Waals surface area contributed by atoms with Gasteiger partial charge in [-0.15, -0.1) is 0 Å². The highest BCUT2D eigenvalue weighted by molar-refractivity contribution is 5.87. The van der Waals surface area contributed by atoms with Gasteiger partial charge in [-0.1, -0.05) is 38.8 Å². The molecule has 1 fully saturated rings. The Kier molecular flexibility index (Phi) is 5.22. The lowest BCUT2D eigenvalue weighted by Gasteiger charge is -2.39. The molecule has 0 saturated heterocycles. The number of amides is 1. The van der Waals surface area contributed by atoms with Crippen molar-refractivity contribution < 1.29 is 14.7 Å². The van der Waals surface area contributed by atoms with Gasteiger partial charge in [-0.2, -0.15) is 0 Å². The number of carboxylic acid groups (broad SMARTS) is 1. The summed E-state index contributed by atoms with van der Waals surface area (Å²) < 4.78 is 0. The molecule has 1 aromatic rings. The Morgan fingerprint density at radius 1 is 1.23 bits per heavy atom. The van der Waals surface area contributed by atoms with Gasteiger partial charge < -0.3 is 10.4 Å². The fourth-order valence-electron chi connectivity index (χ4n) is 3.10. The van der Waals surface area contributed by atoms with E-state index in [4.69, 9.17) is 5.11 Å². The standard InChI is InChI=1S/C18H25NO3/c1-18(2)12-4-3-5-15(18)19-16(20)11-8-13-6-9-14(10-7-13)17(21)22/h6-7,9-10,15H,3-5,8,11-12H2,1-2H3,(H,19,20)(H,21,22). The summed E-state index contributed by atoms with van der Waals surface area (Å²) in [5.74, 6) is -0.842. The fraction of sp³-hybridized carbons (Fsp3) is 0.556. The Hall–Kier alpha value is -1.84. The van der Waals surface area contributed by atoms with Gasteiger partial charge in [-0.3, -0.25) is 4.79 Å². The summed E-state index contributed by atoms with van der Waals surface area (Å²) in [5, 5.41) is 12.0. The number of carbonyl (C=O) groups is 2. The lowest BCUT2D eigenvalue weighted by Crippen LogP contribution is -2.46. The molecule has 4 nitrogen and oxygen atoms in total. The van der Waals surface area contributed by atoms with Crippen LogP contribution in [0.15, 0.2) is 24.3 Å².